The lowest BCUT2D eigenvalue weighted by Gasteiger charge is -2.18. The van der Waals surface area contributed by atoms with E-state index in [1.165, 1.54) is 0 Å². The summed E-state index contributed by atoms with van der Waals surface area (Å²) in [5.74, 6) is -2.28. The smallest absolute Gasteiger partial charge is 0.254 e. The van der Waals surface area contributed by atoms with Gasteiger partial charge in [-0.15, -0.1) is 0 Å². The van der Waals surface area contributed by atoms with Crippen LogP contribution in [0.1, 0.15) is 30.6 Å². The first-order chi connectivity index (χ1) is 8.85. The maximum atomic E-state index is 13.6. The van der Waals surface area contributed by atoms with E-state index in [4.69, 9.17) is 10.8 Å². The Hall–Kier alpha value is -1.69. The Morgan fingerprint density at radius 1 is 1.42 bits per heavy atom. The Labute approximate surface area is 110 Å². The van der Waals surface area contributed by atoms with Crippen molar-refractivity contribution in [1.82, 2.24) is 5.32 Å². The van der Waals surface area contributed by atoms with Crippen molar-refractivity contribution in [1.29, 1.82) is 0 Å². The Bertz CT molecular complexity index is 464. The summed E-state index contributed by atoms with van der Waals surface area (Å²) in [4.78, 5) is 11.8. The Balaban J connectivity index is 2.88. The number of aliphatic hydroxyl groups excluding tert-OH is 1. The molecule has 1 amide bonds. The highest BCUT2D eigenvalue weighted by molar-refractivity contribution is 5.95. The second-order valence-corrected chi connectivity index (χ2v) is 4.84. The molecule has 0 fully saturated rings. The molecule has 0 saturated heterocycles. The lowest BCUT2D eigenvalue weighted by Crippen LogP contribution is -2.38. The number of nitrogen functional groups attached to an aromatic ring is 1. The highest BCUT2D eigenvalue weighted by Gasteiger charge is 2.19. The van der Waals surface area contributed by atoms with E-state index in [1.54, 1.807) is 0 Å². The number of nitrogens with two attached hydrogens (primary N) is 1. The Morgan fingerprint density at radius 2 is 2.05 bits per heavy atom. The number of nitrogens with one attached hydrogen (secondary N) is 1. The van der Waals surface area contributed by atoms with Crippen LogP contribution in [-0.4, -0.2) is 23.7 Å². The van der Waals surface area contributed by atoms with Gasteiger partial charge in [0.15, 0.2) is 5.82 Å². The summed E-state index contributed by atoms with van der Waals surface area (Å²) in [5, 5.41) is 11.6. The average molecular weight is 272 g/mol. The van der Waals surface area contributed by atoms with Crippen molar-refractivity contribution in [2.75, 3.05) is 12.3 Å². The number of amides is 1. The van der Waals surface area contributed by atoms with Crippen LogP contribution in [0.3, 0.4) is 0 Å². The zero-order valence-electron chi connectivity index (χ0n) is 10.9. The van der Waals surface area contributed by atoms with E-state index in [0.29, 0.717) is 6.42 Å². The van der Waals surface area contributed by atoms with E-state index in [9.17, 15) is 13.6 Å². The normalized spacial score (nSPS) is 12.5. The third-order valence-corrected chi connectivity index (χ3v) is 2.62. The molecular weight excluding hydrogens is 254 g/mol. The number of hydrogen-bond donors (Lipinski definition) is 3. The summed E-state index contributed by atoms with van der Waals surface area (Å²) in [6, 6.07) is 1.09. The summed E-state index contributed by atoms with van der Waals surface area (Å²) >= 11 is 0. The van der Waals surface area contributed by atoms with Gasteiger partial charge >= 0.3 is 0 Å². The fraction of sp³-hybridized carbons (Fsp3) is 0.462. The molecule has 0 saturated carbocycles. The minimum absolute atomic E-state index is 0.250. The maximum absolute atomic E-state index is 13.6. The van der Waals surface area contributed by atoms with E-state index in [2.05, 4.69) is 5.32 Å². The number of carbonyl (C=O) groups is 1. The van der Waals surface area contributed by atoms with Crippen LogP contribution >= 0.6 is 0 Å². The second-order valence-electron chi connectivity index (χ2n) is 4.84. The standard InChI is InChI=1S/C13H18F2N2O2/c1-7(2)3-9(6-18)17-13(19)10-4-8(14)5-11(16)12(10)15/h4-5,7,9,18H,3,6,16H2,1-2H3,(H,17,19). The van der Waals surface area contributed by atoms with Crippen LogP contribution in [-0.2, 0) is 0 Å². The van der Waals surface area contributed by atoms with Crippen LogP contribution in [0.2, 0.25) is 0 Å². The molecule has 19 heavy (non-hydrogen) atoms. The molecule has 0 aliphatic carbocycles. The van der Waals surface area contributed by atoms with Crippen LogP contribution in [0.4, 0.5) is 14.5 Å². The van der Waals surface area contributed by atoms with Gasteiger partial charge in [0.1, 0.15) is 5.82 Å². The minimum atomic E-state index is -0.958. The van der Waals surface area contributed by atoms with Crippen LogP contribution in [0.25, 0.3) is 0 Å². The zero-order valence-corrected chi connectivity index (χ0v) is 10.9. The fourth-order valence-corrected chi connectivity index (χ4v) is 1.79. The molecule has 4 nitrogen and oxygen atoms in total. The van der Waals surface area contributed by atoms with Gasteiger partial charge in [0.25, 0.3) is 5.91 Å². The molecule has 1 aromatic rings. The van der Waals surface area contributed by atoms with Gasteiger partial charge in [0.05, 0.1) is 23.9 Å². The topological polar surface area (TPSA) is 75.3 Å². The molecule has 0 aliphatic rings. The van der Waals surface area contributed by atoms with Gasteiger partial charge in [-0.2, -0.15) is 0 Å². The van der Waals surface area contributed by atoms with Crippen molar-refractivity contribution < 1.29 is 18.7 Å². The van der Waals surface area contributed by atoms with Crippen LogP contribution in [0, 0.1) is 17.6 Å². The molecule has 6 heteroatoms. The highest BCUT2D eigenvalue weighted by atomic mass is 19.1. The quantitative estimate of drug-likeness (QED) is 0.714. The number of aliphatic hydroxyl groups is 1. The molecule has 1 aromatic carbocycles. The van der Waals surface area contributed by atoms with Crippen LogP contribution < -0.4 is 11.1 Å². The summed E-state index contributed by atoms with van der Waals surface area (Å²) in [6.07, 6.45) is 0.536. The monoisotopic (exact) mass is 272 g/mol. The van der Waals surface area contributed by atoms with E-state index < -0.39 is 34.8 Å². The van der Waals surface area contributed by atoms with Gasteiger partial charge in [-0.25, -0.2) is 8.78 Å². The van der Waals surface area contributed by atoms with E-state index in [-0.39, 0.29) is 12.5 Å². The fourth-order valence-electron chi connectivity index (χ4n) is 1.79. The summed E-state index contributed by atoms with van der Waals surface area (Å²) in [5.41, 5.74) is 4.38. The zero-order chi connectivity index (χ0) is 14.6. The van der Waals surface area contributed by atoms with Gasteiger partial charge in [-0.1, -0.05) is 13.8 Å². The van der Waals surface area contributed by atoms with Gasteiger partial charge in [-0.05, 0) is 24.5 Å². The van der Waals surface area contributed by atoms with Crippen LogP contribution in [0.15, 0.2) is 12.1 Å². The third-order valence-electron chi connectivity index (χ3n) is 2.62. The third kappa shape index (κ3) is 4.17. The number of benzene rings is 1. The molecule has 106 valence electrons. The molecule has 0 heterocycles. The van der Waals surface area contributed by atoms with Crippen molar-refractivity contribution in [3.05, 3.63) is 29.3 Å². The van der Waals surface area contributed by atoms with Crippen molar-refractivity contribution in [2.24, 2.45) is 5.92 Å². The van der Waals surface area contributed by atoms with Crippen molar-refractivity contribution in [3.8, 4) is 0 Å². The summed E-state index contributed by atoms with van der Waals surface area (Å²) < 4.78 is 26.8. The molecule has 1 unspecified atom stereocenters. The second kappa shape index (κ2) is 6.47. The average Bonchev–Trinajstić information content (AvgIpc) is 2.32. The van der Waals surface area contributed by atoms with E-state index >= 15 is 0 Å². The number of anilines is 1. The van der Waals surface area contributed by atoms with E-state index in [0.717, 1.165) is 12.1 Å². The molecule has 0 bridgehead atoms. The molecule has 1 rings (SSSR count). The lowest BCUT2D eigenvalue weighted by molar-refractivity contribution is 0.0904. The maximum Gasteiger partial charge on any atom is 0.254 e. The van der Waals surface area contributed by atoms with Crippen molar-refractivity contribution in [3.63, 3.8) is 0 Å². The molecule has 0 aromatic heterocycles. The molecule has 0 aliphatic heterocycles. The highest BCUT2D eigenvalue weighted by Crippen LogP contribution is 2.17. The van der Waals surface area contributed by atoms with Gasteiger partial charge < -0.3 is 16.2 Å². The van der Waals surface area contributed by atoms with E-state index in [1.807, 2.05) is 13.8 Å². The number of halogens is 2. The minimum Gasteiger partial charge on any atom is -0.396 e. The number of rotatable bonds is 5. The number of carbonyl (C=O) groups excluding carboxylic acids is 1. The molecule has 0 spiro atoms. The number of hydrogen-bond acceptors (Lipinski definition) is 3. The molecule has 0 radical (unpaired) electrons. The predicted molar refractivity (Wildman–Crippen MR) is 68.6 cm³/mol. The SMILES string of the molecule is CC(C)CC(CO)NC(=O)c1cc(F)cc(N)c1F. The first-order valence-electron chi connectivity index (χ1n) is 6.01. The molecule has 4 N–H and O–H groups in total. The molecule has 1 atom stereocenters. The van der Waals surface area contributed by atoms with Gasteiger partial charge in [0, 0.05) is 0 Å². The van der Waals surface area contributed by atoms with Gasteiger partial charge in [-0.3, -0.25) is 4.79 Å². The first kappa shape index (κ1) is 15.4. The van der Waals surface area contributed by atoms with Gasteiger partial charge in [0.2, 0.25) is 0 Å². The lowest BCUT2D eigenvalue weighted by atomic mass is 10.0. The van der Waals surface area contributed by atoms with Crippen molar-refractivity contribution in [2.45, 2.75) is 26.3 Å². The molecular formula is C13H18F2N2O2. The Kier molecular flexibility index (Phi) is 5.23. The Morgan fingerprint density at radius 3 is 2.58 bits per heavy atom. The van der Waals surface area contributed by atoms with Crippen molar-refractivity contribution >= 4 is 11.6 Å². The predicted octanol–water partition coefficient (Wildman–Crippen LogP) is 1.68. The van der Waals surface area contributed by atoms with Crippen LogP contribution in [0.5, 0.6) is 0 Å². The first-order valence-corrected chi connectivity index (χ1v) is 6.01. The largest absolute Gasteiger partial charge is 0.396 e. The summed E-state index contributed by atoms with van der Waals surface area (Å²) in [7, 11) is 0. The summed E-state index contributed by atoms with van der Waals surface area (Å²) in [6.45, 7) is 3.58.